The van der Waals surface area contributed by atoms with Gasteiger partial charge in [0.1, 0.15) is 11.4 Å². The van der Waals surface area contributed by atoms with Crippen LogP contribution in [-0.2, 0) is 11.2 Å². The molecule has 1 amide bonds. The number of rotatable bonds is 0. The van der Waals surface area contributed by atoms with Crippen molar-refractivity contribution in [3.8, 4) is 0 Å². The second-order valence-corrected chi connectivity index (χ2v) is 7.76. The standard InChI is InChI=1S/C18H25FN2O2/c1-17(2,3)23-16(22)21-9-7-18(8-10-21)11-13-14(19)5-4-6-15(13)20-12-18/h4-6,20H,7-12H2,1-3H3. The predicted molar refractivity (Wildman–Crippen MR) is 88.1 cm³/mol. The Balaban J connectivity index is 1.65. The number of likely N-dealkylation sites (tertiary alicyclic amines) is 1. The Morgan fingerprint density at radius 3 is 2.65 bits per heavy atom. The molecule has 0 unspecified atom stereocenters. The third kappa shape index (κ3) is 3.43. The van der Waals surface area contributed by atoms with E-state index >= 15 is 0 Å². The van der Waals surface area contributed by atoms with Gasteiger partial charge in [0.2, 0.25) is 0 Å². The number of amides is 1. The minimum Gasteiger partial charge on any atom is -0.444 e. The maximum absolute atomic E-state index is 14.1. The average molecular weight is 320 g/mol. The fourth-order valence-electron chi connectivity index (χ4n) is 3.47. The normalized spacial score (nSPS) is 19.9. The molecule has 0 bridgehead atoms. The van der Waals surface area contributed by atoms with E-state index in [0.717, 1.165) is 37.1 Å². The Labute approximate surface area is 137 Å². The third-order valence-corrected chi connectivity index (χ3v) is 4.80. The molecule has 1 aromatic carbocycles. The van der Waals surface area contributed by atoms with Crippen LogP contribution in [0.25, 0.3) is 0 Å². The second kappa shape index (κ2) is 5.69. The highest BCUT2D eigenvalue weighted by atomic mass is 19.1. The quantitative estimate of drug-likeness (QED) is 0.790. The highest BCUT2D eigenvalue weighted by Crippen LogP contribution is 2.41. The van der Waals surface area contributed by atoms with Crippen LogP contribution in [0.2, 0.25) is 0 Å². The number of ether oxygens (including phenoxy) is 1. The molecule has 2 heterocycles. The van der Waals surface area contributed by atoms with E-state index in [1.807, 2.05) is 26.8 Å². The number of carbonyl (C=O) groups excluding carboxylic acids is 1. The molecule has 0 saturated carbocycles. The summed E-state index contributed by atoms with van der Waals surface area (Å²) in [6, 6.07) is 5.20. The van der Waals surface area contributed by atoms with Crippen molar-refractivity contribution < 1.29 is 13.9 Å². The van der Waals surface area contributed by atoms with Crippen LogP contribution in [-0.4, -0.2) is 36.2 Å². The van der Waals surface area contributed by atoms with Crippen LogP contribution >= 0.6 is 0 Å². The van der Waals surface area contributed by atoms with Crippen molar-refractivity contribution in [1.29, 1.82) is 0 Å². The van der Waals surface area contributed by atoms with Gasteiger partial charge in [0.15, 0.2) is 0 Å². The molecule has 1 spiro atoms. The topological polar surface area (TPSA) is 41.6 Å². The number of carbonyl (C=O) groups is 1. The molecular formula is C18H25FN2O2. The molecule has 3 rings (SSSR count). The van der Waals surface area contributed by atoms with Gasteiger partial charge in [-0.05, 0) is 57.6 Å². The van der Waals surface area contributed by atoms with Gasteiger partial charge in [-0.2, -0.15) is 0 Å². The zero-order valence-corrected chi connectivity index (χ0v) is 14.1. The first-order valence-corrected chi connectivity index (χ1v) is 8.27. The summed E-state index contributed by atoms with van der Waals surface area (Å²) >= 11 is 0. The van der Waals surface area contributed by atoms with Crippen molar-refractivity contribution in [3.05, 3.63) is 29.6 Å². The lowest BCUT2D eigenvalue weighted by Gasteiger charge is -2.45. The summed E-state index contributed by atoms with van der Waals surface area (Å²) < 4.78 is 19.5. The Morgan fingerprint density at radius 2 is 2.00 bits per heavy atom. The number of benzene rings is 1. The molecule has 1 aromatic rings. The van der Waals surface area contributed by atoms with Gasteiger partial charge < -0.3 is 15.0 Å². The Hall–Kier alpha value is -1.78. The first-order valence-electron chi connectivity index (χ1n) is 8.27. The fourth-order valence-corrected chi connectivity index (χ4v) is 3.47. The van der Waals surface area contributed by atoms with E-state index in [2.05, 4.69) is 5.32 Å². The van der Waals surface area contributed by atoms with Crippen molar-refractivity contribution in [2.75, 3.05) is 25.0 Å². The predicted octanol–water partition coefficient (Wildman–Crippen LogP) is 3.81. The van der Waals surface area contributed by atoms with Crippen molar-refractivity contribution in [3.63, 3.8) is 0 Å². The van der Waals surface area contributed by atoms with Gasteiger partial charge in [-0.25, -0.2) is 9.18 Å². The summed E-state index contributed by atoms with van der Waals surface area (Å²) in [6.45, 7) is 7.80. The maximum atomic E-state index is 14.1. The molecule has 1 N–H and O–H groups in total. The molecular weight excluding hydrogens is 295 g/mol. The minimum absolute atomic E-state index is 0.0354. The van der Waals surface area contributed by atoms with E-state index in [9.17, 15) is 9.18 Å². The largest absolute Gasteiger partial charge is 0.444 e. The summed E-state index contributed by atoms with van der Waals surface area (Å²) in [4.78, 5) is 13.9. The van der Waals surface area contributed by atoms with Gasteiger partial charge >= 0.3 is 6.09 Å². The van der Waals surface area contributed by atoms with E-state index in [-0.39, 0.29) is 17.3 Å². The molecule has 0 aliphatic carbocycles. The summed E-state index contributed by atoms with van der Waals surface area (Å²) in [6.07, 6.45) is 2.23. The van der Waals surface area contributed by atoms with Crippen LogP contribution < -0.4 is 5.32 Å². The van der Waals surface area contributed by atoms with Crippen LogP contribution in [0.3, 0.4) is 0 Å². The van der Waals surface area contributed by atoms with Crippen LogP contribution in [0, 0.1) is 11.2 Å². The zero-order valence-electron chi connectivity index (χ0n) is 14.1. The smallest absolute Gasteiger partial charge is 0.410 e. The minimum atomic E-state index is -0.472. The summed E-state index contributed by atoms with van der Waals surface area (Å²) in [7, 11) is 0. The molecule has 0 aromatic heterocycles. The molecule has 0 atom stereocenters. The summed E-state index contributed by atoms with van der Waals surface area (Å²) in [5.41, 5.74) is 1.25. The summed E-state index contributed by atoms with van der Waals surface area (Å²) in [5.74, 6) is -0.136. The van der Waals surface area contributed by atoms with Gasteiger partial charge in [0.25, 0.3) is 0 Å². The first-order chi connectivity index (χ1) is 10.8. The van der Waals surface area contributed by atoms with Gasteiger partial charge in [-0.1, -0.05) is 6.07 Å². The number of nitrogens with zero attached hydrogens (tertiary/aromatic N) is 1. The van der Waals surface area contributed by atoms with Gasteiger partial charge in [-0.3, -0.25) is 0 Å². The molecule has 5 heteroatoms. The lowest BCUT2D eigenvalue weighted by molar-refractivity contribution is 0.0109. The Bertz CT molecular complexity index is 602. The molecule has 1 fully saturated rings. The van der Waals surface area contributed by atoms with Crippen molar-refractivity contribution in [1.82, 2.24) is 4.90 Å². The number of piperidine rings is 1. The molecule has 1 saturated heterocycles. The average Bonchev–Trinajstić information content (AvgIpc) is 2.47. The Kier molecular flexibility index (Phi) is 3.98. The van der Waals surface area contributed by atoms with E-state index < -0.39 is 5.60 Å². The highest BCUT2D eigenvalue weighted by Gasteiger charge is 2.40. The highest BCUT2D eigenvalue weighted by molar-refractivity contribution is 5.68. The molecule has 2 aliphatic heterocycles. The van der Waals surface area contributed by atoms with Crippen LogP contribution in [0.4, 0.5) is 14.9 Å². The Morgan fingerprint density at radius 1 is 1.30 bits per heavy atom. The zero-order chi connectivity index (χ0) is 16.7. The van der Waals surface area contributed by atoms with E-state index in [4.69, 9.17) is 4.74 Å². The van der Waals surface area contributed by atoms with Gasteiger partial charge in [0.05, 0.1) is 0 Å². The van der Waals surface area contributed by atoms with E-state index in [1.165, 1.54) is 6.07 Å². The summed E-state index contributed by atoms with van der Waals surface area (Å²) in [5, 5.41) is 3.37. The van der Waals surface area contributed by atoms with Crippen molar-refractivity contribution >= 4 is 11.8 Å². The van der Waals surface area contributed by atoms with Crippen molar-refractivity contribution in [2.45, 2.75) is 45.6 Å². The van der Waals surface area contributed by atoms with Crippen molar-refractivity contribution in [2.24, 2.45) is 5.41 Å². The fraction of sp³-hybridized carbons (Fsp3) is 0.611. The van der Waals surface area contributed by atoms with Gasteiger partial charge in [-0.15, -0.1) is 0 Å². The molecule has 4 nitrogen and oxygen atoms in total. The lowest BCUT2D eigenvalue weighted by atomic mass is 9.71. The molecule has 23 heavy (non-hydrogen) atoms. The van der Waals surface area contributed by atoms with E-state index in [0.29, 0.717) is 13.1 Å². The molecule has 0 radical (unpaired) electrons. The molecule has 2 aliphatic rings. The monoisotopic (exact) mass is 320 g/mol. The SMILES string of the molecule is CC(C)(C)OC(=O)N1CCC2(CC1)CNc1cccc(F)c1C2. The van der Waals surface area contributed by atoms with Crippen LogP contribution in [0.1, 0.15) is 39.2 Å². The molecule has 126 valence electrons. The number of hydrogen-bond donors (Lipinski definition) is 1. The number of hydrogen-bond acceptors (Lipinski definition) is 3. The van der Waals surface area contributed by atoms with Gasteiger partial charge in [0, 0.05) is 30.9 Å². The first kappa shape index (κ1) is 16.1. The van der Waals surface area contributed by atoms with Crippen LogP contribution in [0.15, 0.2) is 18.2 Å². The number of nitrogens with one attached hydrogen (secondary N) is 1. The van der Waals surface area contributed by atoms with Crippen LogP contribution in [0.5, 0.6) is 0 Å². The maximum Gasteiger partial charge on any atom is 0.410 e. The number of anilines is 1. The second-order valence-electron chi connectivity index (χ2n) is 7.76. The number of fused-ring (bicyclic) bond motifs is 1. The number of halogens is 1. The van der Waals surface area contributed by atoms with E-state index in [1.54, 1.807) is 11.0 Å². The third-order valence-electron chi connectivity index (χ3n) is 4.80. The lowest BCUT2D eigenvalue weighted by Crippen LogP contribution is -2.49.